The van der Waals surface area contributed by atoms with Crippen LogP contribution in [-0.4, -0.2) is 18.1 Å². The van der Waals surface area contributed by atoms with Gasteiger partial charge in [0.15, 0.2) is 5.69 Å². The predicted molar refractivity (Wildman–Crippen MR) is 45.6 cm³/mol. The minimum atomic E-state index is -0.724. The van der Waals surface area contributed by atoms with E-state index >= 15 is 0 Å². The van der Waals surface area contributed by atoms with Gasteiger partial charge in [-0.15, -0.1) is 0 Å². The lowest BCUT2D eigenvalue weighted by Crippen LogP contribution is -2.05. The fourth-order valence-corrected chi connectivity index (χ4v) is 0.816. The standard InChI is InChI=1S/C9H8FNO2/c1-3-6-4-5-7(9(12)13-2)11-8(6)10/h3-5H,1H2,2H3. The van der Waals surface area contributed by atoms with Crippen molar-refractivity contribution >= 4 is 12.0 Å². The third-order valence-electron chi connectivity index (χ3n) is 1.49. The van der Waals surface area contributed by atoms with E-state index in [0.29, 0.717) is 0 Å². The summed E-state index contributed by atoms with van der Waals surface area (Å²) in [5.74, 6) is -1.38. The number of hydrogen-bond donors (Lipinski definition) is 0. The zero-order valence-electron chi connectivity index (χ0n) is 7.08. The second-order valence-electron chi connectivity index (χ2n) is 2.27. The van der Waals surface area contributed by atoms with Crippen molar-refractivity contribution in [3.8, 4) is 0 Å². The van der Waals surface area contributed by atoms with Crippen molar-refractivity contribution in [1.82, 2.24) is 4.98 Å². The third-order valence-corrected chi connectivity index (χ3v) is 1.49. The molecule has 0 aromatic carbocycles. The monoisotopic (exact) mass is 181 g/mol. The van der Waals surface area contributed by atoms with Gasteiger partial charge >= 0.3 is 5.97 Å². The summed E-state index contributed by atoms with van der Waals surface area (Å²) < 4.78 is 17.3. The number of nitrogens with zero attached hydrogens (tertiary/aromatic N) is 1. The molecule has 0 aliphatic rings. The molecule has 0 aliphatic carbocycles. The molecule has 0 amide bonds. The molecule has 0 radical (unpaired) electrons. The second-order valence-corrected chi connectivity index (χ2v) is 2.27. The molecule has 1 rings (SSSR count). The van der Waals surface area contributed by atoms with E-state index in [9.17, 15) is 9.18 Å². The highest BCUT2D eigenvalue weighted by Gasteiger charge is 2.09. The number of methoxy groups -OCH3 is 1. The van der Waals surface area contributed by atoms with Crippen molar-refractivity contribution in [2.24, 2.45) is 0 Å². The van der Waals surface area contributed by atoms with E-state index in [0.717, 1.165) is 0 Å². The summed E-state index contributed by atoms with van der Waals surface area (Å²) in [4.78, 5) is 14.3. The second kappa shape index (κ2) is 3.80. The summed E-state index contributed by atoms with van der Waals surface area (Å²) in [5, 5.41) is 0. The van der Waals surface area contributed by atoms with Crippen LogP contribution in [0.4, 0.5) is 4.39 Å². The maximum Gasteiger partial charge on any atom is 0.356 e. The number of aromatic nitrogens is 1. The van der Waals surface area contributed by atoms with Crippen LogP contribution in [0.15, 0.2) is 18.7 Å². The maximum atomic E-state index is 13.0. The van der Waals surface area contributed by atoms with E-state index < -0.39 is 11.9 Å². The number of pyridine rings is 1. The first-order valence-electron chi connectivity index (χ1n) is 3.56. The molecule has 3 nitrogen and oxygen atoms in total. The lowest BCUT2D eigenvalue weighted by molar-refractivity contribution is 0.0592. The average molecular weight is 181 g/mol. The molecule has 0 saturated heterocycles. The Labute approximate surface area is 74.9 Å². The molecule has 0 N–H and O–H groups in total. The van der Waals surface area contributed by atoms with Crippen LogP contribution in [0.3, 0.4) is 0 Å². The van der Waals surface area contributed by atoms with Crippen molar-refractivity contribution in [2.45, 2.75) is 0 Å². The van der Waals surface area contributed by atoms with Crippen LogP contribution in [0, 0.1) is 5.95 Å². The van der Waals surface area contributed by atoms with E-state index in [1.807, 2.05) is 0 Å². The Balaban J connectivity index is 3.09. The number of rotatable bonds is 2. The first-order valence-corrected chi connectivity index (χ1v) is 3.56. The van der Waals surface area contributed by atoms with Crippen molar-refractivity contribution in [2.75, 3.05) is 7.11 Å². The molecule has 0 saturated carbocycles. The van der Waals surface area contributed by atoms with Crippen LogP contribution in [0.2, 0.25) is 0 Å². The lowest BCUT2D eigenvalue weighted by Gasteiger charge is -1.99. The number of ether oxygens (including phenoxy) is 1. The Morgan fingerprint density at radius 2 is 2.38 bits per heavy atom. The van der Waals surface area contributed by atoms with Gasteiger partial charge in [0.05, 0.1) is 7.11 Å². The Morgan fingerprint density at radius 3 is 2.85 bits per heavy atom. The highest BCUT2D eigenvalue weighted by molar-refractivity contribution is 5.87. The van der Waals surface area contributed by atoms with E-state index in [-0.39, 0.29) is 11.3 Å². The molecule has 0 spiro atoms. The molecule has 13 heavy (non-hydrogen) atoms. The predicted octanol–water partition coefficient (Wildman–Crippen LogP) is 1.65. The van der Waals surface area contributed by atoms with Crippen molar-refractivity contribution in [3.05, 3.63) is 35.9 Å². The van der Waals surface area contributed by atoms with Crippen LogP contribution >= 0.6 is 0 Å². The molecule has 0 unspecified atom stereocenters. The van der Waals surface area contributed by atoms with Crippen LogP contribution in [0.5, 0.6) is 0 Å². The Morgan fingerprint density at radius 1 is 1.69 bits per heavy atom. The quantitative estimate of drug-likeness (QED) is 0.514. The van der Waals surface area contributed by atoms with Gasteiger partial charge in [0.2, 0.25) is 5.95 Å². The first kappa shape index (κ1) is 9.38. The van der Waals surface area contributed by atoms with Crippen molar-refractivity contribution in [3.63, 3.8) is 0 Å². The van der Waals surface area contributed by atoms with E-state index in [4.69, 9.17) is 0 Å². The summed E-state index contributed by atoms with van der Waals surface area (Å²) in [5.41, 5.74) is 0.207. The van der Waals surface area contributed by atoms with Gasteiger partial charge in [-0.05, 0) is 12.1 Å². The van der Waals surface area contributed by atoms with E-state index in [1.165, 1.54) is 25.3 Å². The maximum absolute atomic E-state index is 13.0. The van der Waals surface area contributed by atoms with E-state index in [1.54, 1.807) is 0 Å². The van der Waals surface area contributed by atoms with Crippen LogP contribution < -0.4 is 0 Å². The largest absolute Gasteiger partial charge is 0.464 e. The minimum absolute atomic E-state index is 0.0504. The normalized spacial score (nSPS) is 9.38. The van der Waals surface area contributed by atoms with Gasteiger partial charge in [-0.1, -0.05) is 12.7 Å². The molecule has 0 aliphatic heterocycles. The van der Waals surface area contributed by atoms with Gasteiger partial charge in [-0.3, -0.25) is 0 Å². The molecular formula is C9H8FNO2. The molecule has 0 fully saturated rings. The molecule has 68 valence electrons. The van der Waals surface area contributed by atoms with E-state index in [2.05, 4.69) is 16.3 Å². The summed E-state index contributed by atoms with van der Waals surface area (Å²) in [6, 6.07) is 2.80. The molecule has 4 heteroatoms. The Bertz CT molecular complexity index is 349. The van der Waals surface area contributed by atoms with Gasteiger partial charge in [-0.25, -0.2) is 9.78 Å². The number of carbonyl (C=O) groups is 1. The molecule has 0 bridgehead atoms. The molecular weight excluding hydrogens is 173 g/mol. The van der Waals surface area contributed by atoms with Gasteiger partial charge in [0, 0.05) is 5.56 Å². The van der Waals surface area contributed by atoms with Crippen molar-refractivity contribution in [1.29, 1.82) is 0 Å². The molecule has 1 aromatic rings. The third kappa shape index (κ3) is 1.90. The number of esters is 1. The Kier molecular flexibility index (Phi) is 2.74. The molecule has 0 atom stereocenters. The van der Waals surface area contributed by atoms with Gasteiger partial charge in [0.25, 0.3) is 0 Å². The topological polar surface area (TPSA) is 39.2 Å². The van der Waals surface area contributed by atoms with Gasteiger partial charge < -0.3 is 4.74 Å². The first-order chi connectivity index (χ1) is 6.19. The average Bonchev–Trinajstić information content (AvgIpc) is 2.16. The summed E-state index contributed by atoms with van der Waals surface area (Å²) >= 11 is 0. The van der Waals surface area contributed by atoms with Gasteiger partial charge in [0.1, 0.15) is 0 Å². The zero-order valence-corrected chi connectivity index (χ0v) is 7.08. The SMILES string of the molecule is C=Cc1ccc(C(=O)OC)nc1F. The fraction of sp³-hybridized carbons (Fsp3) is 0.111. The minimum Gasteiger partial charge on any atom is -0.464 e. The Hall–Kier alpha value is -1.71. The van der Waals surface area contributed by atoms with Crippen LogP contribution in [0.25, 0.3) is 6.08 Å². The highest BCUT2D eigenvalue weighted by atomic mass is 19.1. The van der Waals surface area contributed by atoms with Gasteiger partial charge in [-0.2, -0.15) is 4.39 Å². The van der Waals surface area contributed by atoms with Crippen LogP contribution in [-0.2, 0) is 4.74 Å². The number of hydrogen-bond acceptors (Lipinski definition) is 3. The zero-order chi connectivity index (χ0) is 9.84. The summed E-state index contributed by atoms with van der Waals surface area (Å²) in [6.45, 7) is 3.39. The lowest BCUT2D eigenvalue weighted by atomic mass is 10.2. The smallest absolute Gasteiger partial charge is 0.356 e. The van der Waals surface area contributed by atoms with Crippen molar-refractivity contribution < 1.29 is 13.9 Å². The summed E-state index contributed by atoms with van der Waals surface area (Å²) in [7, 11) is 1.21. The molecule has 1 heterocycles. The number of carbonyl (C=O) groups excluding carboxylic acids is 1. The number of halogens is 1. The fourth-order valence-electron chi connectivity index (χ4n) is 0.816. The molecule has 1 aromatic heterocycles. The summed E-state index contributed by atoms with van der Waals surface area (Å²) in [6.07, 6.45) is 1.32. The highest BCUT2D eigenvalue weighted by Crippen LogP contribution is 2.07. The van der Waals surface area contributed by atoms with Crippen LogP contribution in [0.1, 0.15) is 16.1 Å².